The first-order chi connectivity index (χ1) is 8.24. The molecule has 100 valence electrons. The molecule has 0 aromatic heterocycles. The van der Waals surface area contributed by atoms with E-state index in [1.807, 2.05) is 0 Å². The first-order valence-electron chi connectivity index (χ1n) is 5.56. The summed E-state index contributed by atoms with van der Waals surface area (Å²) in [7, 11) is 1.25. The van der Waals surface area contributed by atoms with E-state index in [4.69, 9.17) is 4.74 Å². The summed E-state index contributed by atoms with van der Waals surface area (Å²) in [6.07, 6.45) is 1.91. The first kappa shape index (κ1) is 14.2. The van der Waals surface area contributed by atoms with Gasteiger partial charge in [0.15, 0.2) is 0 Å². The van der Waals surface area contributed by atoms with Crippen LogP contribution in [0.25, 0.3) is 0 Å². The average molecular weight is 255 g/mol. The second kappa shape index (κ2) is 5.20. The molecule has 0 fully saturated rings. The highest BCUT2D eigenvalue weighted by molar-refractivity contribution is 6.02. The maximum absolute atomic E-state index is 11.8. The third-order valence-electron chi connectivity index (χ3n) is 2.22. The van der Waals surface area contributed by atoms with Crippen molar-refractivity contribution in [2.75, 3.05) is 7.11 Å². The topological polar surface area (TPSA) is 72.9 Å². The highest BCUT2D eigenvalue weighted by Gasteiger charge is 2.36. The molecule has 1 atom stereocenters. The number of rotatable bonds is 2. The molecule has 1 heterocycles. The molecule has 18 heavy (non-hydrogen) atoms. The Bertz CT molecular complexity index is 394. The fourth-order valence-corrected chi connectivity index (χ4v) is 1.47. The molecule has 0 unspecified atom stereocenters. The maximum Gasteiger partial charge on any atom is 0.417 e. The molecule has 1 aliphatic rings. The van der Waals surface area contributed by atoms with E-state index in [1.54, 1.807) is 20.8 Å². The summed E-state index contributed by atoms with van der Waals surface area (Å²) in [5.74, 6) is -0.980. The lowest BCUT2D eigenvalue weighted by Crippen LogP contribution is -2.43. The second-order valence-corrected chi connectivity index (χ2v) is 4.90. The van der Waals surface area contributed by atoms with Gasteiger partial charge in [-0.15, -0.1) is 0 Å². The van der Waals surface area contributed by atoms with Gasteiger partial charge in [-0.2, -0.15) is 0 Å². The van der Waals surface area contributed by atoms with Crippen molar-refractivity contribution in [2.24, 2.45) is 0 Å². The smallest absolute Gasteiger partial charge is 0.417 e. The Morgan fingerprint density at radius 2 is 2.00 bits per heavy atom. The highest BCUT2D eigenvalue weighted by Crippen LogP contribution is 2.19. The quantitative estimate of drug-likeness (QED) is 0.694. The molecule has 0 aliphatic carbocycles. The second-order valence-electron chi connectivity index (χ2n) is 4.90. The molecular formula is C12H17NO5. The van der Waals surface area contributed by atoms with Gasteiger partial charge in [0.05, 0.1) is 19.6 Å². The van der Waals surface area contributed by atoms with Gasteiger partial charge in [-0.1, -0.05) is 6.08 Å². The van der Waals surface area contributed by atoms with Crippen LogP contribution in [0, 0.1) is 0 Å². The van der Waals surface area contributed by atoms with E-state index < -0.39 is 29.6 Å². The standard InChI is InChI=1S/C12H17NO5/c1-12(2,3)18-11(16)13-8(5-6-9(13)14)7-10(15)17-4/h5-6,8H,7H2,1-4H3/t8-/m0/s1. The molecule has 0 aromatic rings. The van der Waals surface area contributed by atoms with Crippen molar-refractivity contribution in [3.05, 3.63) is 12.2 Å². The number of amides is 2. The Morgan fingerprint density at radius 1 is 1.39 bits per heavy atom. The van der Waals surface area contributed by atoms with Crippen LogP contribution in [-0.4, -0.2) is 41.6 Å². The van der Waals surface area contributed by atoms with Gasteiger partial charge in [-0.3, -0.25) is 9.59 Å². The largest absolute Gasteiger partial charge is 0.469 e. The molecule has 6 heteroatoms. The van der Waals surface area contributed by atoms with Crippen molar-refractivity contribution in [3.63, 3.8) is 0 Å². The van der Waals surface area contributed by atoms with E-state index in [0.717, 1.165) is 4.90 Å². The van der Waals surface area contributed by atoms with E-state index in [0.29, 0.717) is 0 Å². The SMILES string of the molecule is COC(=O)C[C@@H]1C=CC(=O)N1C(=O)OC(C)(C)C. The number of esters is 1. The monoisotopic (exact) mass is 255 g/mol. The summed E-state index contributed by atoms with van der Waals surface area (Å²) in [5.41, 5.74) is -0.699. The normalized spacial score (nSPS) is 19.0. The van der Waals surface area contributed by atoms with Crippen LogP contribution < -0.4 is 0 Å². The Hall–Kier alpha value is -1.85. The Balaban J connectivity index is 2.75. The molecule has 0 radical (unpaired) electrons. The van der Waals surface area contributed by atoms with Gasteiger partial charge in [0.25, 0.3) is 5.91 Å². The zero-order valence-corrected chi connectivity index (χ0v) is 10.9. The van der Waals surface area contributed by atoms with E-state index in [1.165, 1.54) is 19.3 Å². The lowest BCUT2D eigenvalue weighted by atomic mass is 10.2. The molecule has 2 amide bonds. The van der Waals surface area contributed by atoms with Gasteiger partial charge in [0.1, 0.15) is 5.60 Å². The van der Waals surface area contributed by atoms with Gasteiger partial charge in [-0.05, 0) is 20.8 Å². The molecule has 1 aliphatic heterocycles. The molecule has 0 saturated heterocycles. The number of hydrogen-bond donors (Lipinski definition) is 0. The third kappa shape index (κ3) is 3.58. The summed E-state index contributed by atoms with van der Waals surface area (Å²) >= 11 is 0. The summed E-state index contributed by atoms with van der Waals surface area (Å²) in [6.45, 7) is 5.11. The Labute approximate surface area is 106 Å². The molecule has 1 rings (SSSR count). The maximum atomic E-state index is 11.8. The van der Waals surface area contributed by atoms with Crippen LogP contribution in [0.2, 0.25) is 0 Å². The minimum Gasteiger partial charge on any atom is -0.469 e. The Kier molecular flexibility index (Phi) is 4.11. The molecular weight excluding hydrogens is 238 g/mol. The molecule has 6 nitrogen and oxygen atoms in total. The van der Waals surface area contributed by atoms with Crippen LogP contribution in [-0.2, 0) is 19.1 Å². The highest BCUT2D eigenvalue weighted by atomic mass is 16.6. The minimum atomic E-state index is -0.758. The zero-order valence-electron chi connectivity index (χ0n) is 10.9. The number of ether oxygens (including phenoxy) is 2. The van der Waals surface area contributed by atoms with Crippen molar-refractivity contribution in [1.29, 1.82) is 0 Å². The predicted octanol–water partition coefficient (Wildman–Crippen LogP) is 1.25. The first-order valence-corrected chi connectivity index (χ1v) is 5.56. The number of carbonyl (C=O) groups is 3. The van der Waals surface area contributed by atoms with E-state index in [2.05, 4.69) is 4.74 Å². The number of methoxy groups -OCH3 is 1. The van der Waals surface area contributed by atoms with E-state index in [-0.39, 0.29) is 6.42 Å². The molecule has 0 spiro atoms. The van der Waals surface area contributed by atoms with Crippen molar-refractivity contribution >= 4 is 18.0 Å². The zero-order chi connectivity index (χ0) is 13.9. The summed E-state index contributed by atoms with van der Waals surface area (Å²) in [4.78, 5) is 35.5. The molecule has 0 N–H and O–H groups in total. The average Bonchev–Trinajstić information content (AvgIpc) is 2.57. The number of carbonyl (C=O) groups excluding carboxylic acids is 3. The third-order valence-corrected chi connectivity index (χ3v) is 2.22. The van der Waals surface area contributed by atoms with Crippen LogP contribution in [0.5, 0.6) is 0 Å². The lowest BCUT2D eigenvalue weighted by molar-refractivity contribution is -0.141. The van der Waals surface area contributed by atoms with Crippen LogP contribution in [0.1, 0.15) is 27.2 Å². The van der Waals surface area contributed by atoms with Gasteiger partial charge in [-0.25, -0.2) is 9.69 Å². The number of hydrogen-bond acceptors (Lipinski definition) is 5. The number of imide groups is 1. The fourth-order valence-electron chi connectivity index (χ4n) is 1.47. The summed E-state index contributed by atoms with van der Waals surface area (Å²) in [6, 6.07) is -0.639. The van der Waals surface area contributed by atoms with Crippen molar-refractivity contribution in [3.8, 4) is 0 Å². The van der Waals surface area contributed by atoms with E-state index in [9.17, 15) is 14.4 Å². The Morgan fingerprint density at radius 3 is 2.50 bits per heavy atom. The molecule has 0 saturated carbocycles. The molecule has 0 aromatic carbocycles. The van der Waals surface area contributed by atoms with Crippen LogP contribution in [0.3, 0.4) is 0 Å². The predicted molar refractivity (Wildman–Crippen MR) is 62.6 cm³/mol. The summed E-state index contributed by atoms with van der Waals surface area (Å²) in [5, 5.41) is 0. The number of nitrogens with zero attached hydrogens (tertiary/aromatic N) is 1. The van der Waals surface area contributed by atoms with Crippen LogP contribution >= 0.6 is 0 Å². The van der Waals surface area contributed by atoms with Crippen molar-refractivity contribution in [1.82, 2.24) is 4.90 Å². The van der Waals surface area contributed by atoms with Gasteiger partial charge >= 0.3 is 12.1 Å². The fraction of sp³-hybridized carbons (Fsp3) is 0.583. The minimum absolute atomic E-state index is 0.0714. The molecule has 0 bridgehead atoms. The van der Waals surface area contributed by atoms with Gasteiger partial charge < -0.3 is 9.47 Å². The van der Waals surface area contributed by atoms with Crippen molar-refractivity contribution in [2.45, 2.75) is 38.8 Å². The lowest BCUT2D eigenvalue weighted by Gasteiger charge is -2.26. The van der Waals surface area contributed by atoms with Gasteiger partial charge in [0, 0.05) is 6.08 Å². The summed E-state index contributed by atoms with van der Waals surface area (Å²) < 4.78 is 9.63. The van der Waals surface area contributed by atoms with E-state index >= 15 is 0 Å². The van der Waals surface area contributed by atoms with Crippen LogP contribution in [0.4, 0.5) is 4.79 Å². The van der Waals surface area contributed by atoms with Crippen LogP contribution in [0.15, 0.2) is 12.2 Å². The van der Waals surface area contributed by atoms with Gasteiger partial charge in [0.2, 0.25) is 0 Å². The van der Waals surface area contributed by atoms with Crippen molar-refractivity contribution < 1.29 is 23.9 Å².